The fraction of sp³-hybridized carbons (Fsp3) is 0.375. The van der Waals surface area contributed by atoms with Crippen molar-refractivity contribution in [1.82, 2.24) is 20.5 Å². The van der Waals surface area contributed by atoms with Crippen LogP contribution in [0, 0.1) is 6.92 Å². The lowest BCUT2D eigenvalue weighted by molar-refractivity contribution is -0.143. The maximum Gasteiger partial charge on any atom is 0.416 e. The van der Waals surface area contributed by atoms with Gasteiger partial charge in [-0.15, -0.1) is 0 Å². The van der Waals surface area contributed by atoms with Gasteiger partial charge in [-0.2, -0.15) is 26.3 Å². The zero-order valence-corrected chi connectivity index (χ0v) is 35.5. The topological polar surface area (TPSA) is 73.0 Å². The van der Waals surface area contributed by atoms with E-state index in [1.54, 1.807) is 0 Å². The van der Waals surface area contributed by atoms with E-state index in [1.807, 2.05) is 43.3 Å². The van der Waals surface area contributed by atoms with Crippen molar-refractivity contribution in [2.45, 2.75) is 57.7 Å². The fourth-order valence-electron chi connectivity index (χ4n) is 7.71. The van der Waals surface area contributed by atoms with Crippen molar-refractivity contribution in [3.05, 3.63) is 149 Å². The molecule has 4 aromatic carbocycles. The zero-order valence-electron chi connectivity index (χ0n) is 35.5. The predicted octanol–water partition coefficient (Wildman–Crippen LogP) is 9.12. The second-order valence-corrected chi connectivity index (χ2v) is 16.3. The lowest BCUT2D eigenvalue weighted by Crippen LogP contribution is -2.52. The van der Waals surface area contributed by atoms with Crippen molar-refractivity contribution in [2.75, 3.05) is 69.3 Å². The minimum atomic E-state index is -5.03. The molecule has 1 aromatic heterocycles. The zero-order chi connectivity index (χ0) is 44.5. The molecular weight excluding hydrogens is 807 g/mol. The molecular formula is C48H54F6N6O2. The standard InChI is InChI=1S/C29H30F6N4O.C19H24N2O/c1-18-7-5-6-8-22(18)23-16-25(39-11-9-36-10-12-39)37-17-24(23)38(4)26(40)27(2,3)19-13-20(28(30,31)32)15-21(14-19)29(33,34)35;1-3-7-17(8-4-1)13-21-12-11-20-19(14-21)16-22-15-18-9-5-2-6-10-18/h5-8,13-17,36H,9-12H2,1-4H3;1-10,19-20H,11-16H2/t;19-/m.0/s1. The Bertz CT molecular complexity index is 2200. The van der Waals surface area contributed by atoms with Gasteiger partial charge in [-0.3, -0.25) is 9.69 Å². The highest BCUT2D eigenvalue weighted by molar-refractivity contribution is 6.03. The number of nitrogens with one attached hydrogen (secondary N) is 2. The molecule has 0 bridgehead atoms. The Morgan fingerprint density at radius 3 is 1.95 bits per heavy atom. The van der Waals surface area contributed by atoms with E-state index in [2.05, 4.69) is 80.0 Å². The molecule has 330 valence electrons. The summed E-state index contributed by atoms with van der Waals surface area (Å²) >= 11 is 0. The van der Waals surface area contributed by atoms with Crippen LogP contribution >= 0.6 is 0 Å². The first-order valence-corrected chi connectivity index (χ1v) is 20.7. The number of piperazine rings is 2. The number of alkyl halides is 6. The molecule has 14 heteroatoms. The summed E-state index contributed by atoms with van der Waals surface area (Å²) in [7, 11) is 1.45. The maximum absolute atomic E-state index is 13.9. The minimum absolute atomic E-state index is 0.0583. The number of hydrogen-bond acceptors (Lipinski definition) is 7. The van der Waals surface area contributed by atoms with E-state index in [0.29, 0.717) is 41.9 Å². The van der Waals surface area contributed by atoms with Crippen molar-refractivity contribution in [3.63, 3.8) is 0 Å². The van der Waals surface area contributed by atoms with E-state index < -0.39 is 40.4 Å². The highest BCUT2D eigenvalue weighted by atomic mass is 19.4. The second kappa shape index (κ2) is 20.3. The molecule has 2 fully saturated rings. The van der Waals surface area contributed by atoms with Crippen LogP contribution in [-0.2, 0) is 40.5 Å². The van der Waals surface area contributed by atoms with Crippen molar-refractivity contribution in [3.8, 4) is 11.1 Å². The number of carbonyl (C=O) groups is 1. The average molecular weight is 861 g/mol. The Morgan fingerprint density at radius 1 is 0.758 bits per heavy atom. The minimum Gasteiger partial charge on any atom is -0.375 e. The molecule has 7 rings (SSSR count). The van der Waals surface area contributed by atoms with Gasteiger partial charge in [-0.1, -0.05) is 84.9 Å². The van der Waals surface area contributed by atoms with Crippen LogP contribution in [0.5, 0.6) is 0 Å². The van der Waals surface area contributed by atoms with Crippen LogP contribution in [0.2, 0.25) is 0 Å². The first-order chi connectivity index (χ1) is 29.5. The van der Waals surface area contributed by atoms with Crippen LogP contribution in [0.1, 0.15) is 47.2 Å². The van der Waals surface area contributed by atoms with Crippen LogP contribution in [0.25, 0.3) is 11.1 Å². The molecule has 0 spiro atoms. The summed E-state index contributed by atoms with van der Waals surface area (Å²) in [6, 6.07) is 32.1. The molecule has 5 aromatic rings. The highest BCUT2D eigenvalue weighted by Crippen LogP contribution is 2.41. The lowest BCUT2D eigenvalue weighted by Gasteiger charge is -2.33. The van der Waals surface area contributed by atoms with E-state index in [4.69, 9.17) is 4.74 Å². The van der Waals surface area contributed by atoms with Crippen LogP contribution < -0.4 is 20.4 Å². The smallest absolute Gasteiger partial charge is 0.375 e. The molecule has 0 radical (unpaired) electrons. The largest absolute Gasteiger partial charge is 0.416 e. The van der Waals surface area contributed by atoms with Gasteiger partial charge >= 0.3 is 12.4 Å². The molecule has 3 heterocycles. The van der Waals surface area contributed by atoms with Gasteiger partial charge in [0.05, 0.1) is 41.6 Å². The van der Waals surface area contributed by atoms with E-state index >= 15 is 0 Å². The number of anilines is 2. The van der Waals surface area contributed by atoms with Crippen LogP contribution in [0.3, 0.4) is 0 Å². The fourth-order valence-corrected chi connectivity index (χ4v) is 7.71. The van der Waals surface area contributed by atoms with Crippen molar-refractivity contribution in [1.29, 1.82) is 0 Å². The number of carbonyl (C=O) groups excluding carboxylic acids is 1. The maximum atomic E-state index is 13.9. The van der Waals surface area contributed by atoms with E-state index in [0.717, 1.165) is 70.1 Å². The number of nitrogens with zero attached hydrogens (tertiary/aromatic N) is 4. The SMILES string of the molecule is Cc1ccccc1-c1cc(N2CCNCC2)ncc1N(C)C(=O)C(C)(C)c1cc(C(F)(F)F)cc(C(F)(F)F)c1.c1ccc(COC[C@@H]2CN(Cc3ccccc3)CCN2)cc1. The van der Waals surface area contributed by atoms with Gasteiger partial charge in [-0.25, -0.2) is 4.98 Å². The van der Waals surface area contributed by atoms with E-state index in [1.165, 1.54) is 43.1 Å². The first kappa shape index (κ1) is 46.2. The van der Waals surface area contributed by atoms with E-state index in [9.17, 15) is 31.1 Å². The number of halogens is 6. The highest BCUT2D eigenvalue weighted by Gasteiger charge is 2.41. The van der Waals surface area contributed by atoms with Crippen molar-refractivity contribution >= 4 is 17.4 Å². The van der Waals surface area contributed by atoms with Gasteiger partial charge in [0.1, 0.15) is 5.82 Å². The molecule has 8 nitrogen and oxygen atoms in total. The molecule has 2 N–H and O–H groups in total. The summed E-state index contributed by atoms with van der Waals surface area (Å²) in [6.07, 6.45) is -8.52. The number of aryl methyl sites for hydroxylation is 1. The van der Waals surface area contributed by atoms with Crippen molar-refractivity contribution < 1.29 is 35.9 Å². The third-order valence-electron chi connectivity index (χ3n) is 11.3. The number of ether oxygens (including phenoxy) is 1. The Kier molecular flexibility index (Phi) is 15.1. The number of pyridine rings is 1. The molecule has 1 atom stereocenters. The first-order valence-electron chi connectivity index (χ1n) is 20.7. The summed E-state index contributed by atoms with van der Waals surface area (Å²) in [5.74, 6) is 0.0165. The number of hydrogen-bond donors (Lipinski definition) is 2. The summed E-state index contributed by atoms with van der Waals surface area (Å²) in [5, 5.41) is 6.83. The Labute approximate surface area is 359 Å². The van der Waals surface area contributed by atoms with Crippen molar-refractivity contribution in [2.24, 2.45) is 0 Å². The Morgan fingerprint density at radius 2 is 1.34 bits per heavy atom. The molecule has 2 saturated heterocycles. The van der Waals surface area contributed by atoms with Crippen LogP contribution in [-0.4, -0.2) is 81.3 Å². The monoisotopic (exact) mass is 860 g/mol. The molecule has 2 aliphatic heterocycles. The van der Waals surface area contributed by atoms with Gasteiger partial charge < -0.3 is 25.2 Å². The quantitative estimate of drug-likeness (QED) is 0.129. The van der Waals surface area contributed by atoms with Gasteiger partial charge in [0.15, 0.2) is 0 Å². The third kappa shape index (κ3) is 12.0. The molecule has 62 heavy (non-hydrogen) atoms. The average Bonchev–Trinajstić information content (AvgIpc) is 3.26. The normalized spacial score (nSPS) is 16.4. The van der Waals surface area contributed by atoms with Crippen LogP contribution in [0.4, 0.5) is 37.8 Å². The molecule has 2 aliphatic rings. The number of benzene rings is 4. The number of amides is 1. The number of likely N-dealkylation sites (N-methyl/N-ethyl adjacent to an activating group) is 1. The summed E-state index contributed by atoms with van der Waals surface area (Å²) in [6.45, 7) is 13.2. The van der Waals surface area contributed by atoms with Gasteiger partial charge in [-0.05, 0) is 72.9 Å². The molecule has 0 saturated carbocycles. The second-order valence-electron chi connectivity index (χ2n) is 16.3. The van der Waals surface area contributed by atoms with Gasteiger partial charge in [0, 0.05) is 71.0 Å². The Hall–Kier alpha value is -5.28. The van der Waals surface area contributed by atoms with Crippen LogP contribution in [0.15, 0.2) is 115 Å². The Balaban J connectivity index is 0.000000245. The number of aromatic nitrogens is 1. The third-order valence-corrected chi connectivity index (χ3v) is 11.3. The summed E-state index contributed by atoms with van der Waals surface area (Å²) in [5.41, 5.74) is 0.355. The lowest BCUT2D eigenvalue weighted by atomic mass is 9.81. The summed E-state index contributed by atoms with van der Waals surface area (Å²) in [4.78, 5) is 24.3. The molecule has 0 aliphatic carbocycles. The molecule has 1 amide bonds. The predicted molar refractivity (Wildman–Crippen MR) is 232 cm³/mol. The van der Waals surface area contributed by atoms with Gasteiger partial charge in [0.2, 0.25) is 5.91 Å². The number of rotatable bonds is 11. The molecule has 0 unspecified atom stereocenters. The van der Waals surface area contributed by atoms with E-state index in [-0.39, 0.29) is 6.07 Å². The van der Waals surface area contributed by atoms with Gasteiger partial charge in [0.25, 0.3) is 0 Å². The summed E-state index contributed by atoms with van der Waals surface area (Å²) < 4.78 is 87.1.